The minimum absolute atomic E-state index is 0.190. The van der Waals surface area contributed by atoms with E-state index in [0.29, 0.717) is 11.1 Å². The number of hydrogen-bond acceptors (Lipinski definition) is 3. The van der Waals surface area contributed by atoms with E-state index in [9.17, 15) is 5.11 Å². The number of nitrogens with zero attached hydrogens (tertiary/aromatic N) is 2. The lowest BCUT2D eigenvalue weighted by Crippen LogP contribution is -2.29. The quantitative estimate of drug-likeness (QED) is 0.825. The molecule has 1 heterocycles. The van der Waals surface area contributed by atoms with Crippen LogP contribution in [0.25, 0.3) is 5.69 Å². The van der Waals surface area contributed by atoms with Gasteiger partial charge in [0.15, 0.2) is 0 Å². The molecule has 0 saturated heterocycles. The van der Waals surface area contributed by atoms with E-state index in [1.165, 1.54) is 5.56 Å². The van der Waals surface area contributed by atoms with Crippen LogP contribution in [0.3, 0.4) is 0 Å². The molecule has 1 aromatic heterocycles. The largest absolute Gasteiger partial charge is 0.396 e. The Bertz CT molecular complexity index is 710. The molecule has 0 unspecified atom stereocenters. The normalized spacial score (nSPS) is 21.7. The summed E-state index contributed by atoms with van der Waals surface area (Å²) in [5, 5.41) is 18.0. The molecule has 1 aliphatic rings. The fourth-order valence-electron chi connectivity index (χ4n) is 3.16. The molecule has 0 aliphatic heterocycles. The van der Waals surface area contributed by atoms with E-state index in [1.807, 2.05) is 35.1 Å². The van der Waals surface area contributed by atoms with E-state index in [1.54, 1.807) is 0 Å². The van der Waals surface area contributed by atoms with E-state index in [2.05, 4.69) is 36.4 Å². The molecule has 0 fully saturated rings. The molecule has 1 aliphatic carbocycles. The van der Waals surface area contributed by atoms with Crippen molar-refractivity contribution in [1.82, 2.24) is 15.1 Å². The summed E-state index contributed by atoms with van der Waals surface area (Å²) in [6.07, 6.45) is 7.10. The van der Waals surface area contributed by atoms with E-state index in [4.69, 9.17) is 11.6 Å². The molecule has 0 spiro atoms. The fraction of sp³-hybridized carbons (Fsp3) is 0.389. The van der Waals surface area contributed by atoms with Crippen LogP contribution in [0.1, 0.15) is 30.6 Å². The van der Waals surface area contributed by atoms with Gasteiger partial charge in [0, 0.05) is 40.9 Å². The molecular weight excluding hydrogens is 310 g/mol. The van der Waals surface area contributed by atoms with Gasteiger partial charge in [0.05, 0.1) is 11.9 Å². The highest BCUT2D eigenvalue weighted by Gasteiger charge is 2.22. The van der Waals surface area contributed by atoms with Gasteiger partial charge in [0.25, 0.3) is 0 Å². The zero-order valence-electron chi connectivity index (χ0n) is 13.4. The number of rotatable bonds is 5. The molecule has 23 heavy (non-hydrogen) atoms. The Morgan fingerprint density at radius 2 is 2.26 bits per heavy atom. The number of aliphatic hydroxyl groups excluding tert-OH is 1. The molecule has 4 nitrogen and oxygen atoms in total. The summed E-state index contributed by atoms with van der Waals surface area (Å²) < 4.78 is 1.92. The number of aromatic nitrogens is 2. The maximum atomic E-state index is 9.23. The number of halogens is 1. The molecule has 0 bridgehead atoms. The van der Waals surface area contributed by atoms with Crippen molar-refractivity contribution in [2.75, 3.05) is 6.61 Å². The van der Waals surface area contributed by atoms with Crippen molar-refractivity contribution in [3.8, 4) is 5.69 Å². The minimum atomic E-state index is 0.190. The second-order valence-corrected chi connectivity index (χ2v) is 6.57. The second kappa shape index (κ2) is 6.87. The van der Waals surface area contributed by atoms with Gasteiger partial charge in [-0.25, -0.2) is 4.68 Å². The molecule has 3 rings (SSSR count). The van der Waals surface area contributed by atoms with Crippen LogP contribution >= 0.6 is 11.6 Å². The number of aliphatic hydroxyl groups is 1. The summed E-state index contributed by atoms with van der Waals surface area (Å²) in [5.41, 5.74) is 3.24. The van der Waals surface area contributed by atoms with Gasteiger partial charge in [0.1, 0.15) is 0 Å². The molecule has 0 saturated carbocycles. The molecule has 1 aromatic carbocycles. The van der Waals surface area contributed by atoms with E-state index >= 15 is 0 Å². The first-order valence-electron chi connectivity index (χ1n) is 7.94. The third-order valence-corrected chi connectivity index (χ3v) is 4.67. The Labute approximate surface area is 141 Å². The first-order valence-corrected chi connectivity index (χ1v) is 8.32. The highest BCUT2D eigenvalue weighted by molar-refractivity contribution is 6.30. The first kappa shape index (κ1) is 16.2. The molecule has 2 N–H and O–H groups in total. The van der Waals surface area contributed by atoms with Crippen LogP contribution < -0.4 is 5.32 Å². The third-order valence-electron chi connectivity index (χ3n) is 4.44. The van der Waals surface area contributed by atoms with Gasteiger partial charge in [0.2, 0.25) is 0 Å². The lowest BCUT2D eigenvalue weighted by atomic mass is 10.1. The molecule has 3 atom stereocenters. The summed E-state index contributed by atoms with van der Waals surface area (Å²) in [6.45, 7) is 4.43. The Balaban J connectivity index is 1.75. The molecule has 2 aromatic rings. The molecule has 122 valence electrons. The SMILES string of the molecule is Cc1c([C@@H](C)N[C@@H]2C=C[C@H](CO)C2)cnn1-c1cccc(Cl)c1. The summed E-state index contributed by atoms with van der Waals surface area (Å²) in [4.78, 5) is 0. The van der Waals surface area contributed by atoms with Crippen molar-refractivity contribution >= 4 is 11.6 Å². The topological polar surface area (TPSA) is 50.1 Å². The van der Waals surface area contributed by atoms with Crippen molar-refractivity contribution in [2.45, 2.75) is 32.4 Å². The van der Waals surface area contributed by atoms with Crippen LogP contribution in [0, 0.1) is 12.8 Å². The van der Waals surface area contributed by atoms with Gasteiger partial charge >= 0.3 is 0 Å². The van der Waals surface area contributed by atoms with Crippen LogP contribution in [-0.2, 0) is 0 Å². The number of hydrogen-bond donors (Lipinski definition) is 2. The van der Waals surface area contributed by atoms with Crippen molar-refractivity contribution in [1.29, 1.82) is 0 Å². The first-order chi connectivity index (χ1) is 11.1. The predicted octanol–water partition coefficient (Wildman–Crippen LogP) is 3.42. The lowest BCUT2D eigenvalue weighted by molar-refractivity contribution is 0.245. The van der Waals surface area contributed by atoms with Gasteiger partial charge in [-0.2, -0.15) is 5.10 Å². The van der Waals surface area contributed by atoms with Gasteiger partial charge in [-0.05, 0) is 38.5 Å². The van der Waals surface area contributed by atoms with Crippen LogP contribution in [0.15, 0.2) is 42.6 Å². The van der Waals surface area contributed by atoms with Gasteiger partial charge in [-0.3, -0.25) is 0 Å². The average molecular weight is 332 g/mol. The number of benzene rings is 1. The summed E-state index contributed by atoms with van der Waals surface area (Å²) >= 11 is 6.08. The monoisotopic (exact) mass is 331 g/mol. The molecule has 0 radical (unpaired) electrons. The van der Waals surface area contributed by atoms with E-state index in [0.717, 1.165) is 17.8 Å². The maximum absolute atomic E-state index is 9.23. The van der Waals surface area contributed by atoms with Crippen LogP contribution in [0.5, 0.6) is 0 Å². The zero-order chi connectivity index (χ0) is 16.4. The van der Waals surface area contributed by atoms with Crippen LogP contribution in [-0.4, -0.2) is 27.5 Å². The molecule has 0 amide bonds. The Kier molecular flexibility index (Phi) is 4.85. The smallest absolute Gasteiger partial charge is 0.0663 e. The van der Waals surface area contributed by atoms with Gasteiger partial charge in [-0.1, -0.05) is 29.8 Å². The minimum Gasteiger partial charge on any atom is -0.396 e. The van der Waals surface area contributed by atoms with Gasteiger partial charge in [-0.15, -0.1) is 0 Å². The second-order valence-electron chi connectivity index (χ2n) is 6.14. The maximum Gasteiger partial charge on any atom is 0.0663 e. The van der Waals surface area contributed by atoms with E-state index in [-0.39, 0.29) is 18.6 Å². The van der Waals surface area contributed by atoms with Crippen LogP contribution in [0.2, 0.25) is 5.02 Å². The van der Waals surface area contributed by atoms with Crippen LogP contribution in [0.4, 0.5) is 0 Å². The van der Waals surface area contributed by atoms with Gasteiger partial charge < -0.3 is 10.4 Å². The summed E-state index contributed by atoms with van der Waals surface area (Å²) in [5.74, 6) is 0.273. The average Bonchev–Trinajstić information content (AvgIpc) is 3.13. The van der Waals surface area contributed by atoms with Crippen molar-refractivity contribution in [3.63, 3.8) is 0 Å². The highest BCUT2D eigenvalue weighted by Crippen LogP contribution is 2.24. The molecular formula is C18H22ClN3O. The summed E-state index contributed by atoms with van der Waals surface area (Å²) in [6, 6.07) is 8.19. The van der Waals surface area contributed by atoms with Crippen molar-refractivity contribution in [3.05, 3.63) is 58.9 Å². The number of nitrogens with one attached hydrogen (secondary N) is 1. The third kappa shape index (κ3) is 3.50. The standard InChI is InChI=1S/C18H22ClN3O/c1-12(21-16-7-6-14(8-16)11-23)18-10-20-22(13(18)2)17-5-3-4-15(19)9-17/h3-7,9-10,12,14,16,21,23H,8,11H2,1-2H3/t12-,14+,16-/m1/s1. The lowest BCUT2D eigenvalue weighted by Gasteiger charge is -2.19. The highest BCUT2D eigenvalue weighted by atomic mass is 35.5. The van der Waals surface area contributed by atoms with E-state index < -0.39 is 0 Å². The zero-order valence-corrected chi connectivity index (χ0v) is 14.2. The Hall–Kier alpha value is -1.62. The van der Waals surface area contributed by atoms with Crippen molar-refractivity contribution < 1.29 is 5.11 Å². The fourth-order valence-corrected chi connectivity index (χ4v) is 3.34. The Morgan fingerprint density at radius 3 is 2.96 bits per heavy atom. The predicted molar refractivity (Wildman–Crippen MR) is 93.0 cm³/mol. The summed E-state index contributed by atoms with van der Waals surface area (Å²) in [7, 11) is 0. The Morgan fingerprint density at radius 1 is 1.43 bits per heavy atom. The van der Waals surface area contributed by atoms with Crippen molar-refractivity contribution in [2.24, 2.45) is 5.92 Å². The molecule has 5 heteroatoms.